The Bertz CT molecular complexity index is 1230. The van der Waals surface area contributed by atoms with Crippen LogP contribution in [0.2, 0.25) is 0 Å². The minimum absolute atomic E-state index is 0.110. The summed E-state index contributed by atoms with van der Waals surface area (Å²) in [7, 11) is 0. The number of likely N-dealkylation sites (tertiary alicyclic amines) is 1. The van der Waals surface area contributed by atoms with E-state index in [4.69, 9.17) is 0 Å². The quantitative estimate of drug-likeness (QED) is 0.506. The third-order valence-corrected chi connectivity index (χ3v) is 7.37. The molecular weight excluding hydrogens is 440 g/mol. The third-order valence-electron chi connectivity index (χ3n) is 7.37. The highest BCUT2D eigenvalue weighted by Gasteiger charge is 2.27. The number of piperidine rings is 1. The van der Waals surface area contributed by atoms with Gasteiger partial charge in [-0.3, -0.25) is 14.5 Å². The number of nitrogens with zero attached hydrogens (tertiary/aromatic N) is 5. The van der Waals surface area contributed by atoms with Crippen LogP contribution in [0.4, 0.5) is 0 Å². The zero-order valence-electron chi connectivity index (χ0n) is 20.7. The Labute approximate surface area is 206 Å². The molecule has 0 spiro atoms. The normalized spacial score (nSPS) is 16.9. The summed E-state index contributed by atoms with van der Waals surface area (Å²) in [6.45, 7) is 9.01. The predicted molar refractivity (Wildman–Crippen MR) is 137 cm³/mol. The van der Waals surface area contributed by atoms with Crippen LogP contribution in [-0.4, -0.2) is 62.6 Å². The summed E-state index contributed by atoms with van der Waals surface area (Å²) in [5.74, 6) is -0.151. The van der Waals surface area contributed by atoms with Crippen LogP contribution < -0.4 is 10.9 Å². The van der Waals surface area contributed by atoms with Crippen molar-refractivity contribution in [1.29, 1.82) is 0 Å². The van der Waals surface area contributed by atoms with E-state index < -0.39 is 0 Å². The minimum Gasteiger partial charge on any atom is -0.352 e. The Morgan fingerprint density at radius 2 is 1.86 bits per heavy atom. The van der Waals surface area contributed by atoms with Crippen LogP contribution in [0.3, 0.4) is 0 Å². The third kappa shape index (κ3) is 5.04. The number of hydrogen-bond donors (Lipinski definition) is 1. The minimum atomic E-state index is -0.151. The van der Waals surface area contributed by atoms with Crippen molar-refractivity contribution in [2.75, 3.05) is 32.7 Å². The fourth-order valence-electron chi connectivity index (χ4n) is 5.56. The summed E-state index contributed by atoms with van der Waals surface area (Å²) in [6.07, 6.45) is 7.14. The van der Waals surface area contributed by atoms with Crippen molar-refractivity contribution in [3.63, 3.8) is 0 Å². The monoisotopic (exact) mass is 476 g/mol. The van der Waals surface area contributed by atoms with Crippen LogP contribution in [-0.2, 0) is 26.1 Å². The van der Waals surface area contributed by atoms with E-state index >= 15 is 0 Å². The molecule has 1 N–H and O–H groups in total. The van der Waals surface area contributed by atoms with Crippen molar-refractivity contribution in [3.8, 4) is 0 Å². The van der Waals surface area contributed by atoms with Crippen molar-refractivity contribution in [2.24, 2.45) is 0 Å². The van der Waals surface area contributed by atoms with Gasteiger partial charge in [-0.15, -0.1) is 0 Å². The topological polar surface area (TPSA) is 74.9 Å². The molecule has 0 aliphatic carbocycles. The summed E-state index contributed by atoms with van der Waals surface area (Å²) in [5.41, 5.74) is 4.05. The summed E-state index contributed by atoms with van der Waals surface area (Å²) >= 11 is 0. The van der Waals surface area contributed by atoms with Crippen LogP contribution >= 0.6 is 0 Å². The molecule has 4 heterocycles. The molecule has 35 heavy (non-hydrogen) atoms. The Balaban J connectivity index is 1.33. The molecule has 1 aromatic carbocycles. The van der Waals surface area contributed by atoms with E-state index in [-0.39, 0.29) is 11.5 Å². The largest absolute Gasteiger partial charge is 0.352 e. The van der Waals surface area contributed by atoms with Gasteiger partial charge in [0, 0.05) is 44.8 Å². The molecule has 1 fully saturated rings. The molecule has 5 rings (SSSR count). The average molecular weight is 477 g/mol. The highest BCUT2D eigenvalue weighted by atomic mass is 16.2. The maximum atomic E-state index is 13.4. The van der Waals surface area contributed by atoms with E-state index in [2.05, 4.69) is 43.8 Å². The first-order valence-corrected chi connectivity index (χ1v) is 13.0. The average Bonchev–Trinajstić information content (AvgIpc) is 3.34. The second-order valence-electron chi connectivity index (χ2n) is 9.73. The fraction of sp³-hybridized carbons (Fsp3) is 0.519. The van der Waals surface area contributed by atoms with Gasteiger partial charge in [0.1, 0.15) is 5.56 Å². The molecular formula is C27H36N6O2. The molecule has 8 nitrogen and oxygen atoms in total. The van der Waals surface area contributed by atoms with Crippen LogP contribution in [0.1, 0.15) is 59.8 Å². The van der Waals surface area contributed by atoms with Gasteiger partial charge in [0.2, 0.25) is 0 Å². The van der Waals surface area contributed by atoms with Crippen molar-refractivity contribution >= 4 is 11.6 Å². The van der Waals surface area contributed by atoms with Crippen molar-refractivity contribution in [1.82, 2.24) is 29.3 Å². The van der Waals surface area contributed by atoms with Gasteiger partial charge in [-0.25, -0.2) is 0 Å². The summed E-state index contributed by atoms with van der Waals surface area (Å²) in [4.78, 5) is 31.3. The molecule has 1 saturated heterocycles. The van der Waals surface area contributed by atoms with Crippen LogP contribution in [0.25, 0.3) is 5.65 Å². The molecule has 2 aromatic heterocycles. The van der Waals surface area contributed by atoms with Gasteiger partial charge in [0.15, 0.2) is 5.65 Å². The second-order valence-corrected chi connectivity index (χ2v) is 9.73. The molecule has 1 amide bonds. The Morgan fingerprint density at radius 3 is 2.63 bits per heavy atom. The van der Waals surface area contributed by atoms with Gasteiger partial charge in [0.25, 0.3) is 11.5 Å². The van der Waals surface area contributed by atoms with Crippen molar-refractivity contribution in [2.45, 2.75) is 58.7 Å². The number of rotatable bonds is 8. The molecule has 8 heteroatoms. The zero-order chi connectivity index (χ0) is 24.2. The lowest BCUT2D eigenvalue weighted by Gasteiger charge is -2.30. The lowest BCUT2D eigenvalue weighted by atomic mass is 10.0. The van der Waals surface area contributed by atoms with Crippen LogP contribution in [0.15, 0.2) is 41.3 Å². The second kappa shape index (κ2) is 10.7. The number of aromatic nitrogens is 3. The van der Waals surface area contributed by atoms with Crippen LogP contribution in [0.5, 0.6) is 0 Å². The van der Waals surface area contributed by atoms with Gasteiger partial charge < -0.3 is 14.8 Å². The maximum absolute atomic E-state index is 13.4. The number of aryl methyl sites for hydroxylation is 1. The first-order chi connectivity index (χ1) is 17.2. The van der Waals surface area contributed by atoms with Gasteiger partial charge >= 0.3 is 0 Å². The van der Waals surface area contributed by atoms with E-state index in [1.54, 1.807) is 6.20 Å². The fourth-order valence-corrected chi connectivity index (χ4v) is 5.56. The number of fused-ring (bicyclic) bond motifs is 2. The molecule has 0 radical (unpaired) electrons. The summed E-state index contributed by atoms with van der Waals surface area (Å²) < 4.78 is 3.54. The number of carbonyl (C=O) groups excluding carboxylic acids is 1. The highest BCUT2D eigenvalue weighted by Crippen LogP contribution is 2.22. The van der Waals surface area contributed by atoms with Gasteiger partial charge in [0.05, 0.1) is 11.8 Å². The lowest BCUT2D eigenvalue weighted by Crippen LogP contribution is -2.38. The molecule has 0 unspecified atom stereocenters. The molecule has 2 aliphatic heterocycles. The van der Waals surface area contributed by atoms with E-state index in [1.165, 1.54) is 42.4 Å². The molecule has 0 atom stereocenters. The molecule has 0 bridgehead atoms. The number of benzene rings is 1. The number of nitrogens with one attached hydrogen (secondary N) is 1. The Hall–Kier alpha value is -2.97. The summed E-state index contributed by atoms with van der Waals surface area (Å²) in [6, 6.07) is 10.4. The predicted octanol–water partition coefficient (Wildman–Crippen LogP) is 2.68. The van der Waals surface area contributed by atoms with Gasteiger partial charge in [-0.1, -0.05) is 36.8 Å². The van der Waals surface area contributed by atoms with Crippen LogP contribution in [0, 0.1) is 0 Å². The highest BCUT2D eigenvalue weighted by molar-refractivity contribution is 5.99. The SMILES string of the molecule is CCn1c2c(c(=O)n3ncc(C(=O)NCCCN4CCCCC4)c13)CN(Cc1ccccc1)CC2. The first-order valence-electron chi connectivity index (χ1n) is 13.0. The maximum Gasteiger partial charge on any atom is 0.279 e. The Morgan fingerprint density at radius 1 is 1.06 bits per heavy atom. The van der Waals surface area contributed by atoms with E-state index in [1.807, 2.05) is 18.2 Å². The molecule has 186 valence electrons. The molecule has 3 aromatic rings. The van der Waals surface area contributed by atoms with E-state index in [0.717, 1.165) is 43.7 Å². The number of carbonyl (C=O) groups is 1. The zero-order valence-corrected chi connectivity index (χ0v) is 20.7. The molecule has 0 saturated carbocycles. The smallest absolute Gasteiger partial charge is 0.279 e. The van der Waals surface area contributed by atoms with E-state index in [9.17, 15) is 9.59 Å². The summed E-state index contributed by atoms with van der Waals surface area (Å²) in [5, 5.41) is 7.42. The van der Waals surface area contributed by atoms with Gasteiger partial charge in [-0.2, -0.15) is 9.61 Å². The van der Waals surface area contributed by atoms with E-state index in [0.29, 0.717) is 30.8 Å². The number of amides is 1. The Kier molecular flexibility index (Phi) is 7.29. The standard InChI is InChI=1S/C27H36N6O2/c1-2-32-24-12-17-31(19-21-10-5-3-6-11-21)20-23(24)27(35)33-26(32)22(18-29-33)25(34)28-13-9-16-30-14-7-4-8-15-30/h3,5-6,10-11,18H,2,4,7-9,12-17,19-20H2,1H3,(H,28,34). The molecule has 2 aliphatic rings. The van der Waals surface area contributed by atoms with Crippen molar-refractivity contribution < 1.29 is 4.79 Å². The first kappa shape index (κ1) is 23.8. The van der Waals surface area contributed by atoms with Crippen molar-refractivity contribution in [3.05, 3.63) is 69.3 Å². The lowest BCUT2D eigenvalue weighted by molar-refractivity contribution is 0.0952. The van der Waals surface area contributed by atoms with Gasteiger partial charge in [-0.05, 0) is 51.4 Å². The number of hydrogen-bond acceptors (Lipinski definition) is 5.